The molecule has 1 aromatic carbocycles. The summed E-state index contributed by atoms with van der Waals surface area (Å²) < 4.78 is 18.1. The second-order valence-corrected chi connectivity index (χ2v) is 9.85. The van der Waals surface area contributed by atoms with Crippen LogP contribution in [-0.2, 0) is 14.1 Å². The van der Waals surface area contributed by atoms with E-state index in [1.165, 1.54) is 0 Å². The molecule has 7 heteroatoms. The molecule has 0 radical (unpaired) electrons. The monoisotopic (exact) mass is 416 g/mol. The molecule has 0 spiro atoms. The van der Waals surface area contributed by atoms with Gasteiger partial charge in [0.25, 0.3) is 0 Å². The second-order valence-electron chi connectivity index (χ2n) is 9.85. The Bertz CT molecular complexity index is 761. The minimum Gasteiger partial charge on any atom is -0.488 e. The highest BCUT2D eigenvalue weighted by Crippen LogP contribution is 2.37. The van der Waals surface area contributed by atoms with Gasteiger partial charge < -0.3 is 24.7 Å². The van der Waals surface area contributed by atoms with E-state index in [0.717, 1.165) is 62.0 Å². The van der Waals surface area contributed by atoms with Gasteiger partial charge in [-0.15, -0.1) is 0 Å². The molecular weight excluding hydrogens is 379 g/mol. The molecule has 1 aromatic rings. The molecule has 2 aliphatic heterocycles. The van der Waals surface area contributed by atoms with Gasteiger partial charge in [0.1, 0.15) is 11.5 Å². The van der Waals surface area contributed by atoms with Gasteiger partial charge in [-0.25, -0.2) is 0 Å². The maximum atomic E-state index is 10.8. The van der Waals surface area contributed by atoms with Crippen molar-refractivity contribution in [1.29, 1.82) is 0 Å². The van der Waals surface area contributed by atoms with Crippen LogP contribution in [-0.4, -0.2) is 55.2 Å². The molecular formula is C23H37BN2O4. The van der Waals surface area contributed by atoms with Crippen molar-refractivity contribution < 1.29 is 18.8 Å². The van der Waals surface area contributed by atoms with Gasteiger partial charge in [0, 0.05) is 19.4 Å². The number of rotatable bonds is 3. The molecule has 3 aliphatic rings. The molecule has 0 bridgehead atoms. The Balaban J connectivity index is 0.000000239. The van der Waals surface area contributed by atoms with Crippen LogP contribution in [0.25, 0.3) is 0 Å². The average Bonchev–Trinajstić information content (AvgIpc) is 3.43. The summed E-state index contributed by atoms with van der Waals surface area (Å²) in [4.78, 5) is 13.0. The lowest BCUT2D eigenvalue weighted by Gasteiger charge is -2.32. The van der Waals surface area contributed by atoms with Gasteiger partial charge in [0.15, 0.2) is 0 Å². The number of hydrogen-bond acceptors (Lipinski definition) is 6. The minimum atomic E-state index is -0.378. The zero-order chi connectivity index (χ0) is 22.1. The highest BCUT2D eigenvalue weighted by molar-refractivity contribution is 6.62. The summed E-state index contributed by atoms with van der Waals surface area (Å²) in [7, 11) is 1.69. The van der Waals surface area contributed by atoms with E-state index in [4.69, 9.17) is 19.8 Å². The Morgan fingerprint density at radius 2 is 1.73 bits per heavy atom. The molecule has 1 aliphatic carbocycles. The van der Waals surface area contributed by atoms with E-state index in [1.807, 2.05) is 19.1 Å². The molecule has 2 saturated heterocycles. The van der Waals surface area contributed by atoms with E-state index in [1.54, 1.807) is 0 Å². The fraction of sp³-hybridized carbons (Fsp3) is 0.696. The van der Waals surface area contributed by atoms with Crippen molar-refractivity contribution in [2.45, 2.75) is 84.0 Å². The Labute approximate surface area is 181 Å². The summed E-state index contributed by atoms with van der Waals surface area (Å²) in [5, 5.41) is 0. The van der Waals surface area contributed by atoms with E-state index in [0.29, 0.717) is 17.6 Å². The molecule has 0 amide bonds. The third-order valence-corrected chi connectivity index (χ3v) is 6.49. The number of Topliss-reactive ketones (excluding diaryl/α,β-unsaturated/α-hetero) is 1. The van der Waals surface area contributed by atoms with Crippen LogP contribution in [0, 0.1) is 6.92 Å². The summed E-state index contributed by atoms with van der Waals surface area (Å²) in [5.41, 5.74) is 8.12. The van der Waals surface area contributed by atoms with Crippen LogP contribution in [0.15, 0.2) is 12.1 Å². The van der Waals surface area contributed by atoms with Crippen LogP contribution >= 0.6 is 0 Å². The second kappa shape index (κ2) is 8.89. The maximum Gasteiger partial charge on any atom is 0.495 e. The number of ketones is 1. The van der Waals surface area contributed by atoms with Crippen LogP contribution in [0.1, 0.15) is 65.4 Å². The Hall–Kier alpha value is -1.57. The number of nitrogens with two attached hydrogens (primary N) is 1. The zero-order valence-corrected chi connectivity index (χ0v) is 19.4. The molecule has 30 heavy (non-hydrogen) atoms. The van der Waals surface area contributed by atoms with Gasteiger partial charge in [-0.3, -0.25) is 4.79 Å². The zero-order valence-electron chi connectivity index (χ0n) is 19.4. The first-order valence-corrected chi connectivity index (χ1v) is 11.1. The van der Waals surface area contributed by atoms with Crippen molar-refractivity contribution in [2.75, 3.05) is 25.9 Å². The first-order chi connectivity index (χ1) is 14.0. The third kappa shape index (κ3) is 5.57. The van der Waals surface area contributed by atoms with Crippen molar-refractivity contribution in [2.24, 2.45) is 0 Å². The minimum absolute atomic E-state index is 0.321. The number of likely N-dealkylation sites (tertiary alicyclic amines) is 1. The molecule has 6 nitrogen and oxygen atoms in total. The lowest BCUT2D eigenvalue weighted by molar-refractivity contribution is -0.118. The molecule has 4 rings (SSSR count). The van der Waals surface area contributed by atoms with Crippen molar-refractivity contribution in [3.05, 3.63) is 17.7 Å². The van der Waals surface area contributed by atoms with E-state index in [2.05, 4.69) is 39.6 Å². The van der Waals surface area contributed by atoms with E-state index >= 15 is 0 Å². The molecule has 0 unspecified atom stereocenters. The maximum absolute atomic E-state index is 10.8. The fourth-order valence-electron chi connectivity index (χ4n) is 3.52. The number of nitrogen functional groups attached to an aromatic ring is 1. The van der Waals surface area contributed by atoms with Gasteiger partial charge in [-0.05, 0) is 90.6 Å². The van der Waals surface area contributed by atoms with E-state index in [9.17, 15) is 4.79 Å². The topological polar surface area (TPSA) is 74.0 Å². The summed E-state index contributed by atoms with van der Waals surface area (Å²) in [6.45, 7) is 12.3. The number of aryl methyl sites for hydroxylation is 1. The Morgan fingerprint density at radius 3 is 2.33 bits per heavy atom. The average molecular weight is 416 g/mol. The van der Waals surface area contributed by atoms with Crippen molar-refractivity contribution in [3.63, 3.8) is 0 Å². The van der Waals surface area contributed by atoms with Gasteiger partial charge in [-0.1, -0.05) is 0 Å². The third-order valence-electron chi connectivity index (χ3n) is 6.49. The summed E-state index contributed by atoms with van der Waals surface area (Å²) in [6, 6.07) is 3.92. The van der Waals surface area contributed by atoms with Gasteiger partial charge >= 0.3 is 7.12 Å². The molecule has 0 aromatic heterocycles. The van der Waals surface area contributed by atoms with Gasteiger partial charge in [0.2, 0.25) is 0 Å². The lowest BCUT2D eigenvalue weighted by atomic mass is 9.76. The summed E-state index contributed by atoms with van der Waals surface area (Å²) in [5.74, 6) is 1.17. The molecule has 0 atom stereocenters. The predicted octanol–water partition coefficient (Wildman–Crippen LogP) is 3.09. The lowest BCUT2D eigenvalue weighted by Crippen LogP contribution is -2.41. The summed E-state index contributed by atoms with van der Waals surface area (Å²) >= 11 is 0. The molecule has 1 saturated carbocycles. The molecule has 166 valence electrons. The number of hydrogen-bond donors (Lipinski definition) is 1. The van der Waals surface area contributed by atoms with E-state index in [-0.39, 0.29) is 18.3 Å². The van der Waals surface area contributed by atoms with Crippen LogP contribution < -0.4 is 15.9 Å². The predicted molar refractivity (Wildman–Crippen MR) is 121 cm³/mol. The van der Waals surface area contributed by atoms with E-state index < -0.39 is 0 Å². The number of carbonyl (C=O) groups excluding carboxylic acids is 1. The molecule has 2 heterocycles. The van der Waals surface area contributed by atoms with Crippen molar-refractivity contribution in [1.82, 2.24) is 4.90 Å². The molecule has 3 fully saturated rings. The van der Waals surface area contributed by atoms with Crippen LogP contribution in [0.5, 0.6) is 5.75 Å². The molecule has 2 N–H and O–H groups in total. The number of carbonyl (C=O) groups is 1. The van der Waals surface area contributed by atoms with Crippen molar-refractivity contribution in [3.8, 4) is 5.75 Å². The fourth-order valence-corrected chi connectivity index (χ4v) is 3.52. The smallest absolute Gasteiger partial charge is 0.488 e. The highest BCUT2D eigenvalue weighted by Gasteiger charge is 2.52. The SMILES string of the molecule is CN1CCCC(=O)CC1.Cc1cc(N)c(OC2CC2)cc1B1OC(C)(C)C(C)(C)O1. The van der Waals surface area contributed by atoms with Gasteiger partial charge in [-0.2, -0.15) is 0 Å². The standard InChI is InChI=1S/C16H24BNO3.C7H13NO/c1-10-8-13(18)14(19-11-6-7-11)9-12(10)17-20-15(2,3)16(4,5)21-17;1-8-5-2-3-7(9)4-6-8/h8-9,11H,6-7,18H2,1-5H3;2-6H2,1H3. The van der Waals surface area contributed by atoms with Crippen LogP contribution in [0.2, 0.25) is 0 Å². The Kier molecular flexibility index (Phi) is 6.85. The Morgan fingerprint density at radius 1 is 1.10 bits per heavy atom. The largest absolute Gasteiger partial charge is 0.495 e. The highest BCUT2D eigenvalue weighted by atomic mass is 16.7. The van der Waals surface area contributed by atoms with Gasteiger partial charge in [0.05, 0.1) is 23.0 Å². The number of nitrogens with zero attached hydrogens (tertiary/aromatic N) is 1. The van der Waals surface area contributed by atoms with Crippen LogP contribution in [0.4, 0.5) is 5.69 Å². The van der Waals surface area contributed by atoms with Crippen molar-refractivity contribution >= 4 is 24.1 Å². The first-order valence-electron chi connectivity index (χ1n) is 11.1. The quantitative estimate of drug-likeness (QED) is 0.603. The number of anilines is 1. The normalized spacial score (nSPS) is 23.5. The summed E-state index contributed by atoms with van der Waals surface area (Å²) in [6.07, 6.45) is 5.15. The number of ether oxygens (including phenoxy) is 1. The first kappa shape index (κ1) is 23.1. The number of benzene rings is 1. The van der Waals surface area contributed by atoms with Crippen LogP contribution in [0.3, 0.4) is 0 Å².